The van der Waals surface area contributed by atoms with Gasteiger partial charge in [-0.05, 0) is 30.7 Å². The van der Waals surface area contributed by atoms with E-state index in [2.05, 4.69) is 10.3 Å². The molecule has 2 heterocycles. The molecule has 1 aliphatic heterocycles. The first-order valence-electron chi connectivity index (χ1n) is 9.43. The largest absolute Gasteiger partial charge is 0.493 e. The molecule has 7 nitrogen and oxygen atoms in total. The lowest BCUT2D eigenvalue weighted by molar-refractivity contribution is -0.136. The predicted octanol–water partition coefficient (Wildman–Crippen LogP) is 1.17. The molecule has 1 aromatic carbocycles. The summed E-state index contributed by atoms with van der Waals surface area (Å²) in [6.07, 6.45) is 1.80. The number of likely N-dealkylation sites (tertiary alicyclic amines) is 1. The maximum atomic E-state index is 12.5. The fourth-order valence-corrected chi connectivity index (χ4v) is 3.26. The number of para-hydroxylation sites is 1. The van der Waals surface area contributed by atoms with E-state index in [4.69, 9.17) is 4.74 Å². The average molecular weight is 383 g/mol. The van der Waals surface area contributed by atoms with E-state index in [0.717, 1.165) is 0 Å². The minimum Gasteiger partial charge on any atom is -0.493 e. The summed E-state index contributed by atoms with van der Waals surface area (Å²) in [4.78, 5) is 30.4. The van der Waals surface area contributed by atoms with Gasteiger partial charge in [-0.15, -0.1) is 0 Å². The van der Waals surface area contributed by atoms with Gasteiger partial charge >= 0.3 is 0 Å². The smallest absolute Gasteiger partial charge is 0.226 e. The number of nitrogens with zero attached hydrogens (tertiary/aromatic N) is 2. The van der Waals surface area contributed by atoms with Crippen molar-refractivity contribution in [3.05, 3.63) is 60.4 Å². The number of nitrogens with one attached hydrogen (secondary N) is 1. The zero-order chi connectivity index (χ0) is 19.8. The van der Waals surface area contributed by atoms with E-state index in [1.54, 1.807) is 23.2 Å². The Morgan fingerprint density at radius 2 is 1.93 bits per heavy atom. The average Bonchev–Trinajstić information content (AvgIpc) is 2.69. The van der Waals surface area contributed by atoms with Gasteiger partial charge in [0, 0.05) is 31.0 Å². The van der Waals surface area contributed by atoms with Gasteiger partial charge in [0.25, 0.3) is 0 Å². The molecule has 148 valence electrons. The number of aromatic nitrogens is 1. The van der Waals surface area contributed by atoms with Crippen LogP contribution in [0.4, 0.5) is 0 Å². The van der Waals surface area contributed by atoms with Crippen LogP contribution in [-0.4, -0.2) is 58.6 Å². The van der Waals surface area contributed by atoms with E-state index >= 15 is 0 Å². The van der Waals surface area contributed by atoms with Gasteiger partial charge in [-0.25, -0.2) is 0 Å². The SMILES string of the molecule is O=C(Cc1ccccn1)N[C@H]1C[C@@H](O)CN(C(=O)CCOc2ccccc2)C1. The molecule has 2 aromatic rings. The van der Waals surface area contributed by atoms with Crippen molar-refractivity contribution in [1.29, 1.82) is 0 Å². The number of hydrogen-bond acceptors (Lipinski definition) is 5. The minimum absolute atomic E-state index is 0.0985. The highest BCUT2D eigenvalue weighted by atomic mass is 16.5. The van der Waals surface area contributed by atoms with E-state index in [1.807, 2.05) is 36.4 Å². The van der Waals surface area contributed by atoms with E-state index < -0.39 is 6.10 Å². The lowest BCUT2D eigenvalue weighted by Gasteiger charge is -2.36. The molecule has 7 heteroatoms. The second-order valence-electron chi connectivity index (χ2n) is 6.86. The standard InChI is InChI=1S/C21H25N3O4/c25-18-12-17(23-20(26)13-16-6-4-5-10-22-16)14-24(15-18)21(27)9-11-28-19-7-2-1-3-8-19/h1-8,10,17-18,25H,9,11-15H2,(H,23,26)/t17-,18+/m0/s1. The molecule has 0 bridgehead atoms. The molecular weight excluding hydrogens is 358 g/mol. The number of rotatable bonds is 7. The zero-order valence-electron chi connectivity index (χ0n) is 15.7. The Kier molecular flexibility index (Phi) is 6.97. The van der Waals surface area contributed by atoms with Gasteiger partial charge in [0.15, 0.2) is 0 Å². The minimum atomic E-state index is -0.659. The summed E-state index contributed by atoms with van der Waals surface area (Å²) in [6, 6.07) is 14.4. The van der Waals surface area contributed by atoms with Crippen molar-refractivity contribution in [2.75, 3.05) is 19.7 Å². The van der Waals surface area contributed by atoms with Gasteiger partial charge in [-0.3, -0.25) is 14.6 Å². The van der Waals surface area contributed by atoms with E-state index in [9.17, 15) is 14.7 Å². The zero-order valence-corrected chi connectivity index (χ0v) is 15.7. The van der Waals surface area contributed by atoms with Gasteiger partial charge in [0.1, 0.15) is 5.75 Å². The Morgan fingerprint density at radius 1 is 1.14 bits per heavy atom. The first-order valence-corrected chi connectivity index (χ1v) is 9.43. The Bertz CT molecular complexity index is 770. The lowest BCUT2D eigenvalue weighted by Crippen LogP contribution is -2.54. The molecule has 2 atom stereocenters. The highest BCUT2D eigenvalue weighted by molar-refractivity contribution is 5.79. The van der Waals surface area contributed by atoms with Gasteiger partial charge in [-0.2, -0.15) is 0 Å². The summed E-state index contributed by atoms with van der Waals surface area (Å²) in [5.41, 5.74) is 0.683. The van der Waals surface area contributed by atoms with Gasteiger partial charge in [0.05, 0.1) is 25.6 Å². The van der Waals surface area contributed by atoms with Gasteiger partial charge in [-0.1, -0.05) is 24.3 Å². The maximum Gasteiger partial charge on any atom is 0.226 e. The summed E-state index contributed by atoms with van der Waals surface area (Å²) in [6.45, 7) is 0.929. The summed E-state index contributed by atoms with van der Waals surface area (Å²) >= 11 is 0. The van der Waals surface area contributed by atoms with E-state index in [1.165, 1.54) is 0 Å². The van der Waals surface area contributed by atoms with Crippen LogP contribution in [0.1, 0.15) is 18.5 Å². The first kappa shape index (κ1) is 19.8. The molecule has 0 unspecified atom stereocenters. The van der Waals surface area contributed by atoms with Crippen LogP contribution in [0.15, 0.2) is 54.7 Å². The van der Waals surface area contributed by atoms with Crippen LogP contribution in [0.3, 0.4) is 0 Å². The summed E-state index contributed by atoms with van der Waals surface area (Å²) in [5, 5.41) is 13.0. The number of piperidine rings is 1. The Balaban J connectivity index is 1.46. The Hall–Kier alpha value is -2.93. The number of amides is 2. The third kappa shape index (κ3) is 6.06. The predicted molar refractivity (Wildman–Crippen MR) is 104 cm³/mol. The third-order valence-electron chi connectivity index (χ3n) is 4.54. The number of β-amino-alcohol motifs (C(OH)–C–C–N with tert-alkyl or cyclic N) is 1. The first-order chi connectivity index (χ1) is 13.6. The van der Waals surface area contributed by atoms with Crippen molar-refractivity contribution in [1.82, 2.24) is 15.2 Å². The second kappa shape index (κ2) is 9.85. The number of pyridine rings is 1. The molecule has 0 radical (unpaired) electrons. The summed E-state index contributed by atoms with van der Waals surface area (Å²) in [5.74, 6) is 0.449. The highest BCUT2D eigenvalue weighted by Gasteiger charge is 2.29. The van der Waals surface area contributed by atoms with Crippen molar-refractivity contribution < 1.29 is 19.4 Å². The monoisotopic (exact) mass is 383 g/mol. The quantitative estimate of drug-likeness (QED) is 0.749. The fourth-order valence-electron chi connectivity index (χ4n) is 3.26. The molecule has 2 amide bonds. The number of aliphatic hydroxyl groups excluding tert-OH is 1. The molecule has 1 aromatic heterocycles. The van der Waals surface area contributed by atoms with Crippen LogP contribution in [0.5, 0.6) is 5.75 Å². The molecule has 2 N–H and O–H groups in total. The van der Waals surface area contributed by atoms with Crippen molar-refractivity contribution in [2.24, 2.45) is 0 Å². The molecule has 1 aliphatic rings. The number of aliphatic hydroxyl groups is 1. The molecule has 0 spiro atoms. The van der Waals surface area contributed by atoms with Crippen LogP contribution < -0.4 is 10.1 Å². The third-order valence-corrected chi connectivity index (χ3v) is 4.54. The van der Waals surface area contributed by atoms with Crippen LogP contribution in [0.2, 0.25) is 0 Å². The molecular formula is C21H25N3O4. The van der Waals surface area contributed by atoms with Gasteiger partial charge < -0.3 is 20.1 Å². The van der Waals surface area contributed by atoms with Crippen molar-refractivity contribution >= 4 is 11.8 Å². The normalized spacial score (nSPS) is 19.1. The van der Waals surface area contributed by atoms with Crippen LogP contribution in [0.25, 0.3) is 0 Å². The van der Waals surface area contributed by atoms with Crippen molar-refractivity contribution in [3.8, 4) is 5.75 Å². The number of benzene rings is 1. The van der Waals surface area contributed by atoms with Crippen LogP contribution in [-0.2, 0) is 16.0 Å². The molecule has 0 aliphatic carbocycles. The van der Waals surface area contributed by atoms with E-state index in [-0.39, 0.29) is 43.8 Å². The number of carbonyl (C=O) groups is 2. The summed E-state index contributed by atoms with van der Waals surface area (Å²) in [7, 11) is 0. The van der Waals surface area contributed by atoms with Crippen molar-refractivity contribution in [2.45, 2.75) is 31.4 Å². The molecule has 3 rings (SSSR count). The number of carbonyl (C=O) groups excluding carboxylic acids is 2. The van der Waals surface area contributed by atoms with Crippen LogP contribution >= 0.6 is 0 Å². The maximum absolute atomic E-state index is 12.5. The highest BCUT2D eigenvalue weighted by Crippen LogP contribution is 2.14. The second-order valence-corrected chi connectivity index (χ2v) is 6.86. The molecule has 28 heavy (non-hydrogen) atoms. The van der Waals surface area contributed by atoms with Crippen molar-refractivity contribution in [3.63, 3.8) is 0 Å². The van der Waals surface area contributed by atoms with Crippen LogP contribution in [0, 0.1) is 0 Å². The lowest BCUT2D eigenvalue weighted by atomic mass is 10.0. The molecule has 1 fully saturated rings. The molecule has 1 saturated heterocycles. The Labute approximate surface area is 164 Å². The Morgan fingerprint density at radius 3 is 2.68 bits per heavy atom. The summed E-state index contributed by atoms with van der Waals surface area (Å²) < 4.78 is 5.57. The fraction of sp³-hybridized carbons (Fsp3) is 0.381. The van der Waals surface area contributed by atoms with Gasteiger partial charge in [0.2, 0.25) is 11.8 Å². The number of ether oxygens (including phenoxy) is 1. The van der Waals surface area contributed by atoms with E-state index in [0.29, 0.717) is 24.4 Å². The molecule has 0 saturated carbocycles. The topological polar surface area (TPSA) is 91.8 Å². The number of hydrogen-bond donors (Lipinski definition) is 2.